The maximum Gasteiger partial charge on any atom is 0.110 e. The summed E-state index contributed by atoms with van der Waals surface area (Å²) >= 11 is 0. The van der Waals surface area contributed by atoms with Crippen molar-refractivity contribution in [2.45, 2.75) is 25.4 Å². The van der Waals surface area contributed by atoms with Gasteiger partial charge in [0.25, 0.3) is 0 Å². The van der Waals surface area contributed by atoms with E-state index in [0.717, 1.165) is 0 Å². The molecule has 0 amide bonds. The van der Waals surface area contributed by atoms with Crippen molar-refractivity contribution in [1.82, 2.24) is 0 Å². The van der Waals surface area contributed by atoms with Gasteiger partial charge in [0.05, 0.1) is 26.4 Å². The molecule has 110 valence electrons. The first-order chi connectivity index (χ1) is 10.4. The van der Waals surface area contributed by atoms with Crippen LogP contribution in [0, 0.1) is 0 Å². The molecule has 0 bridgehead atoms. The van der Waals surface area contributed by atoms with Crippen molar-refractivity contribution in [1.29, 1.82) is 0 Å². The molecular weight excluding hydrogens is 264 g/mol. The van der Waals surface area contributed by atoms with Crippen LogP contribution < -0.4 is 0 Å². The quantitative estimate of drug-likeness (QED) is 0.815. The van der Waals surface area contributed by atoms with E-state index in [-0.39, 0.29) is 12.2 Å². The summed E-state index contributed by atoms with van der Waals surface area (Å²) in [6.07, 6.45) is 0.0165. The monoisotopic (exact) mass is 284 g/mol. The minimum absolute atomic E-state index is 0.00826. The van der Waals surface area contributed by atoms with E-state index in [4.69, 9.17) is 14.2 Å². The highest BCUT2D eigenvalue weighted by atomic mass is 16.6. The van der Waals surface area contributed by atoms with Crippen molar-refractivity contribution in [2.75, 3.05) is 13.2 Å². The van der Waals surface area contributed by atoms with Crippen molar-refractivity contribution < 1.29 is 14.2 Å². The Kier molecular flexibility index (Phi) is 5.00. The Morgan fingerprint density at radius 2 is 1.14 bits per heavy atom. The number of rotatable bonds is 6. The highest BCUT2D eigenvalue weighted by molar-refractivity contribution is 5.14. The molecule has 2 aromatic rings. The third-order valence-corrected chi connectivity index (χ3v) is 3.59. The van der Waals surface area contributed by atoms with Gasteiger partial charge in [0.1, 0.15) is 12.2 Å². The van der Waals surface area contributed by atoms with Gasteiger partial charge >= 0.3 is 0 Å². The Morgan fingerprint density at radius 3 is 1.57 bits per heavy atom. The summed E-state index contributed by atoms with van der Waals surface area (Å²) in [6.45, 7) is 2.40. The predicted octanol–water partition coefficient (Wildman–Crippen LogP) is 3.19. The van der Waals surface area contributed by atoms with Crippen LogP contribution >= 0.6 is 0 Å². The Morgan fingerprint density at radius 1 is 0.714 bits per heavy atom. The molecule has 0 N–H and O–H groups in total. The Bertz CT molecular complexity index is 477. The van der Waals surface area contributed by atoms with Crippen molar-refractivity contribution in [2.24, 2.45) is 0 Å². The lowest BCUT2D eigenvalue weighted by Gasteiger charge is -2.19. The van der Waals surface area contributed by atoms with Crippen LogP contribution in [0.5, 0.6) is 0 Å². The van der Waals surface area contributed by atoms with Gasteiger partial charge in [-0.2, -0.15) is 0 Å². The summed E-state index contributed by atoms with van der Waals surface area (Å²) in [5.74, 6) is 0. The van der Waals surface area contributed by atoms with Crippen LogP contribution in [-0.4, -0.2) is 25.4 Å². The first kappa shape index (κ1) is 14.3. The van der Waals surface area contributed by atoms with Gasteiger partial charge < -0.3 is 14.2 Å². The Hall–Kier alpha value is -1.68. The molecule has 0 radical (unpaired) electrons. The molecule has 1 saturated heterocycles. The van der Waals surface area contributed by atoms with Crippen LogP contribution in [0.4, 0.5) is 0 Å². The van der Waals surface area contributed by atoms with Crippen molar-refractivity contribution in [3.63, 3.8) is 0 Å². The summed E-state index contributed by atoms with van der Waals surface area (Å²) in [7, 11) is 0. The zero-order valence-electron chi connectivity index (χ0n) is 12.0. The van der Waals surface area contributed by atoms with Crippen molar-refractivity contribution in [3.05, 3.63) is 71.8 Å². The highest BCUT2D eigenvalue weighted by Crippen LogP contribution is 2.17. The third-order valence-electron chi connectivity index (χ3n) is 3.59. The molecule has 3 heteroatoms. The maximum atomic E-state index is 5.94. The molecule has 2 atom stereocenters. The summed E-state index contributed by atoms with van der Waals surface area (Å²) < 4.78 is 17.4. The lowest BCUT2D eigenvalue weighted by atomic mass is 10.2. The molecule has 1 fully saturated rings. The zero-order valence-corrected chi connectivity index (χ0v) is 12.0. The van der Waals surface area contributed by atoms with Gasteiger partial charge in [0, 0.05) is 0 Å². The highest BCUT2D eigenvalue weighted by Gasteiger charge is 2.29. The lowest BCUT2D eigenvalue weighted by Crippen LogP contribution is -2.29. The summed E-state index contributed by atoms with van der Waals surface area (Å²) in [6, 6.07) is 20.4. The number of benzene rings is 2. The van der Waals surface area contributed by atoms with Crippen molar-refractivity contribution >= 4 is 0 Å². The van der Waals surface area contributed by atoms with E-state index in [9.17, 15) is 0 Å². The fourth-order valence-electron chi connectivity index (χ4n) is 2.38. The fraction of sp³-hybridized carbons (Fsp3) is 0.333. The predicted molar refractivity (Wildman–Crippen MR) is 80.9 cm³/mol. The maximum absolute atomic E-state index is 5.94. The molecule has 0 unspecified atom stereocenters. The summed E-state index contributed by atoms with van der Waals surface area (Å²) in [5.41, 5.74) is 2.34. The van der Waals surface area contributed by atoms with Gasteiger partial charge in [-0.15, -0.1) is 0 Å². The van der Waals surface area contributed by atoms with E-state index in [1.807, 2.05) is 36.4 Å². The van der Waals surface area contributed by atoms with E-state index >= 15 is 0 Å². The van der Waals surface area contributed by atoms with Gasteiger partial charge in [-0.3, -0.25) is 0 Å². The standard InChI is InChI=1S/C18H20O3/c1-3-7-15(8-4-1)11-20-17-13-19-14-18(17)21-12-16-9-5-2-6-10-16/h1-10,17-18H,11-14H2/t17-,18-/m0/s1. The second kappa shape index (κ2) is 7.36. The van der Waals surface area contributed by atoms with Gasteiger partial charge in [0.15, 0.2) is 0 Å². The van der Waals surface area contributed by atoms with Crippen LogP contribution in [-0.2, 0) is 27.4 Å². The summed E-state index contributed by atoms with van der Waals surface area (Å²) in [5, 5.41) is 0. The Balaban J connectivity index is 1.49. The molecule has 21 heavy (non-hydrogen) atoms. The molecule has 0 aromatic heterocycles. The number of ether oxygens (including phenoxy) is 3. The molecule has 1 heterocycles. The van der Waals surface area contributed by atoms with E-state index in [0.29, 0.717) is 26.4 Å². The lowest BCUT2D eigenvalue weighted by molar-refractivity contribution is -0.0591. The minimum atomic E-state index is 0.00826. The molecule has 0 aliphatic carbocycles. The average Bonchev–Trinajstić information content (AvgIpc) is 3.00. The van der Waals surface area contributed by atoms with E-state index in [1.165, 1.54) is 11.1 Å². The van der Waals surface area contributed by atoms with Gasteiger partial charge in [-0.25, -0.2) is 0 Å². The summed E-state index contributed by atoms with van der Waals surface area (Å²) in [4.78, 5) is 0. The van der Waals surface area contributed by atoms with Crippen LogP contribution in [0.3, 0.4) is 0 Å². The molecular formula is C18H20O3. The number of hydrogen-bond acceptors (Lipinski definition) is 3. The topological polar surface area (TPSA) is 27.7 Å². The second-order valence-electron chi connectivity index (χ2n) is 5.21. The number of hydrogen-bond donors (Lipinski definition) is 0. The largest absolute Gasteiger partial charge is 0.376 e. The fourth-order valence-corrected chi connectivity index (χ4v) is 2.38. The molecule has 1 aliphatic rings. The van der Waals surface area contributed by atoms with Crippen LogP contribution in [0.15, 0.2) is 60.7 Å². The Labute approximate surface area is 125 Å². The minimum Gasteiger partial charge on any atom is -0.376 e. The molecule has 2 aromatic carbocycles. The molecule has 0 spiro atoms. The first-order valence-corrected chi connectivity index (χ1v) is 7.30. The van der Waals surface area contributed by atoms with Crippen LogP contribution in [0.25, 0.3) is 0 Å². The van der Waals surface area contributed by atoms with Crippen molar-refractivity contribution in [3.8, 4) is 0 Å². The smallest absolute Gasteiger partial charge is 0.110 e. The van der Waals surface area contributed by atoms with Gasteiger partial charge in [-0.1, -0.05) is 60.7 Å². The van der Waals surface area contributed by atoms with Crippen LogP contribution in [0.2, 0.25) is 0 Å². The molecule has 3 rings (SSSR count). The molecule has 1 aliphatic heterocycles. The van der Waals surface area contributed by atoms with Gasteiger partial charge in [-0.05, 0) is 11.1 Å². The van der Waals surface area contributed by atoms with Crippen LogP contribution in [0.1, 0.15) is 11.1 Å². The van der Waals surface area contributed by atoms with E-state index in [1.54, 1.807) is 0 Å². The van der Waals surface area contributed by atoms with E-state index < -0.39 is 0 Å². The molecule has 3 nitrogen and oxygen atoms in total. The average molecular weight is 284 g/mol. The molecule has 0 saturated carbocycles. The zero-order chi connectivity index (χ0) is 14.3. The third kappa shape index (κ3) is 4.14. The van der Waals surface area contributed by atoms with E-state index in [2.05, 4.69) is 24.3 Å². The SMILES string of the molecule is c1ccc(CO[C@H]2COC[C@@H]2OCc2ccccc2)cc1. The second-order valence-corrected chi connectivity index (χ2v) is 5.21. The van der Waals surface area contributed by atoms with Gasteiger partial charge in [0.2, 0.25) is 0 Å². The first-order valence-electron chi connectivity index (χ1n) is 7.30. The normalized spacial score (nSPS) is 21.5.